The molecule has 0 aromatic rings. The second kappa shape index (κ2) is 39.3. The third-order valence-corrected chi connectivity index (χ3v) is 10.4. The van der Waals surface area contributed by atoms with Gasteiger partial charge in [0.05, 0.1) is 13.2 Å². The smallest absolute Gasteiger partial charge is 0.409 e. The van der Waals surface area contributed by atoms with Crippen molar-refractivity contribution in [2.75, 3.05) is 78.2 Å². The number of carbonyl (C=O) groups excluding carboxylic acids is 4. The number of rotatable bonds is 36. The standard InChI is InChI=1S/C40H73N3O8S2/c1-5-7-9-11-13-19-25-37(44)48-31-23-17-15-21-28-43(29-22-16-18-24-32-49-38(45)26-20-14-12-10-8-6-2)40(47)51-34-36-53-52-35-33-50-39(46)41-27-30-42(3)4/h19-20,25-26H,5-18,21-24,27-36H2,1-4H3,(H,41,46)/b25-19-,26-20-. The zero-order valence-corrected chi connectivity index (χ0v) is 35.2. The fourth-order valence-corrected chi connectivity index (χ4v) is 6.62. The summed E-state index contributed by atoms with van der Waals surface area (Å²) in [5.41, 5.74) is 0. The number of alkyl carbamates (subject to hydrolysis) is 1. The molecule has 0 radical (unpaired) electrons. The third kappa shape index (κ3) is 37.7. The van der Waals surface area contributed by atoms with Crippen molar-refractivity contribution in [1.82, 2.24) is 15.1 Å². The lowest BCUT2D eigenvalue weighted by molar-refractivity contribution is -0.138. The Bertz CT molecular complexity index is 920. The van der Waals surface area contributed by atoms with E-state index in [1.807, 2.05) is 31.1 Å². The van der Waals surface area contributed by atoms with Crippen molar-refractivity contribution in [3.05, 3.63) is 24.3 Å². The second-order valence-electron chi connectivity index (χ2n) is 13.3. The molecule has 0 aliphatic carbocycles. The number of unbranched alkanes of at least 4 members (excludes halogenated alkanes) is 14. The van der Waals surface area contributed by atoms with Gasteiger partial charge in [-0.2, -0.15) is 0 Å². The van der Waals surface area contributed by atoms with E-state index in [9.17, 15) is 19.2 Å². The number of hydrogen-bond acceptors (Lipinski definition) is 11. The lowest BCUT2D eigenvalue weighted by Gasteiger charge is -2.22. The van der Waals surface area contributed by atoms with Crippen LogP contribution in [0.25, 0.3) is 0 Å². The molecule has 0 fully saturated rings. The molecule has 0 aromatic carbocycles. The topological polar surface area (TPSA) is 124 Å². The number of esters is 2. The Morgan fingerprint density at radius 1 is 0.547 bits per heavy atom. The molecular formula is C40H73N3O8S2. The molecule has 53 heavy (non-hydrogen) atoms. The number of allylic oxidation sites excluding steroid dienone is 2. The van der Waals surface area contributed by atoms with Gasteiger partial charge in [0, 0.05) is 49.8 Å². The minimum atomic E-state index is -0.411. The lowest BCUT2D eigenvalue weighted by atomic mass is 10.1. The van der Waals surface area contributed by atoms with E-state index in [-0.39, 0.29) is 18.0 Å². The SMILES string of the molecule is CCCCCC/C=C\C(=O)OCCCCCCN(CCCCCCOC(=O)/C=C\CCCCCC)C(=O)OCCSSCCOC(=O)NCCN(C)C. The Morgan fingerprint density at radius 3 is 1.51 bits per heavy atom. The molecule has 308 valence electrons. The van der Waals surface area contributed by atoms with Gasteiger partial charge in [0.15, 0.2) is 0 Å². The maximum absolute atomic E-state index is 13.0. The van der Waals surface area contributed by atoms with Crippen LogP contribution in [-0.2, 0) is 28.5 Å². The summed E-state index contributed by atoms with van der Waals surface area (Å²) in [6, 6.07) is 0. The third-order valence-electron chi connectivity index (χ3n) is 8.05. The van der Waals surface area contributed by atoms with Crippen LogP contribution in [0.5, 0.6) is 0 Å². The van der Waals surface area contributed by atoms with Crippen LogP contribution in [0.4, 0.5) is 9.59 Å². The Balaban J connectivity index is 4.38. The zero-order valence-electron chi connectivity index (χ0n) is 33.6. The van der Waals surface area contributed by atoms with Crippen LogP contribution in [0.15, 0.2) is 24.3 Å². The number of carbonyl (C=O) groups is 4. The van der Waals surface area contributed by atoms with Gasteiger partial charge in [-0.15, -0.1) is 0 Å². The van der Waals surface area contributed by atoms with Crippen LogP contribution in [0.3, 0.4) is 0 Å². The Kier molecular flexibility index (Phi) is 37.6. The van der Waals surface area contributed by atoms with E-state index in [1.165, 1.54) is 50.7 Å². The molecule has 2 amide bonds. The highest BCUT2D eigenvalue weighted by molar-refractivity contribution is 8.76. The largest absolute Gasteiger partial charge is 0.463 e. The van der Waals surface area contributed by atoms with Crippen molar-refractivity contribution < 1.29 is 38.1 Å². The van der Waals surface area contributed by atoms with E-state index in [2.05, 4.69) is 19.2 Å². The maximum atomic E-state index is 13.0. The van der Waals surface area contributed by atoms with E-state index >= 15 is 0 Å². The fraction of sp³-hybridized carbons (Fsp3) is 0.800. The molecule has 0 saturated carbocycles. The first-order valence-corrected chi connectivity index (χ1v) is 22.7. The quantitative estimate of drug-likeness (QED) is 0.0215. The molecule has 0 saturated heterocycles. The van der Waals surface area contributed by atoms with Crippen molar-refractivity contribution in [2.24, 2.45) is 0 Å². The average Bonchev–Trinajstić information content (AvgIpc) is 3.13. The van der Waals surface area contributed by atoms with Gasteiger partial charge in [0.2, 0.25) is 0 Å². The number of likely N-dealkylation sites (N-methyl/N-ethyl adjacent to an activating group) is 1. The predicted molar refractivity (Wildman–Crippen MR) is 220 cm³/mol. The molecule has 0 aliphatic rings. The summed E-state index contributed by atoms with van der Waals surface area (Å²) in [5, 5.41) is 2.71. The molecule has 1 N–H and O–H groups in total. The van der Waals surface area contributed by atoms with Crippen molar-refractivity contribution in [3.8, 4) is 0 Å². The van der Waals surface area contributed by atoms with Crippen LogP contribution < -0.4 is 5.32 Å². The summed E-state index contributed by atoms with van der Waals surface area (Å²) in [5.74, 6) is 0.733. The van der Waals surface area contributed by atoms with E-state index < -0.39 is 6.09 Å². The molecule has 0 unspecified atom stereocenters. The van der Waals surface area contributed by atoms with Crippen LogP contribution >= 0.6 is 21.6 Å². The summed E-state index contributed by atoms with van der Waals surface area (Å²) in [6.45, 7) is 8.30. The molecule has 0 aromatic heterocycles. The second-order valence-corrected chi connectivity index (χ2v) is 16.0. The molecule has 0 aliphatic heterocycles. The van der Waals surface area contributed by atoms with Crippen LogP contribution in [-0.4, -0.2) is 112 Å². The molecule has 0 rings (SSSR count). The first kappa shape index (κ1) is 50.6. The highest BCUT2D eigenvalue weighted by Crippen LogP contribution is 2.20. The molecular weight excluding hydrogens is 715 g/mol. The van der Waals surface area contributed by atoms with Gasteiger partial charge in [-0.05, 0) is 78.3 Å². The Labute approximate surface area is 329 Å². The van der Waals surface area contributed by atoms with Gasteiger partial charge in [-0.25, -0.2) is 19.2 Å². The molecule has 11 nitrogen and oxygen atoms in total. The van der Waals surface area contributed by atoms with Crippen molar-refractivity contribution >= 4 is 45.7 Å². The molecule has 0 bridgehead atoms. The molecule has 0 heterocycles. The number of nitrogens with one attached hydrogen (secondary N) is 1. The van der Waals surface area contributed by atoms with Gasteiger partial charge in [-0.1, -0.05) is 99.0 Å². The van der Waals surface area contributed by atoms with Gasteiger partial charge in [0.1, 0.15) is 13.2 Å². The summed E-state index contributed by atoms with van der Waals surface area (Å²) in [6.07, 6.45) is 24.4. The van der Waals surface area contributed by atoms with Gasteiger partial charge in [-0.3, -0.25) is 0 Å². The van der Waals surface area contributed by atoms with Crippen molar-refractivity contribution in [3.63, 3.8) is 0 Å². The van der Waals surface area contributed by atoms with Crippen molar-refractivity contribution in [1.29, 1.82) is 0 Å². The van der Waals surface area contributed by atoms with Crippen LogP contribution in [0, 0.1) is 0 Å². The predicted octanol–water partition coefficient (Wildman–Crippen LogP) is 9.35. The fourth-order valence-electron chi connectivity index (χ4n) is 4.96. The number of amides is 2. The molecule has 0 spiro atoms. The zero-order chi connectivity index (χ0) is 39.0. The summed E-state index contributed by atoms with van der Waals surface area (Å²) < 4.78 is 21.4. The summed E-state index contributed by atoms with van der Waals surface area (Å²) >= 11 is 0. The maximum Gasteiger partial charge on any atom is 0.409 e. The van der Waals surface area contributed by atoms with E-state index in [0.717, 1.165) is 83.6 Å². The van der Waals surface area contributed by atoms with Crippen molar-refractivity contribution in [2.45, 2.75) is 129 Å². The monoisotopic (exact) mass is 787 g/mol. The summed E-state index contributed by atoms with van der Waals surface area (Å²) in [7, 11) is 7.04. The van der Waals surface area contributed by atoms with Crippen LogP contribution in [0.2, 0.25) is 0 Å². The highest BCUT2D eigenvalue weighted by atomic mass is 33.1. The Morgan fingerprint density at radius 2 is 1.02 bits per heavy atom. The Hall–Kier alpha value is -2.38. The first-order valence-electron chi connectivity index (χ1n) is 20.2. The van der Waals surface area contributed by atoms with E-state index in [1.54, 1.807) is 26.5 Å². The number of hydrogen-bond donors (Lipinski definition) is 1. The number of nitrogens with zero attached hydrogens (tertiary/aromatic N) is 2. The van der Waals surface area contributed by atoms with E-state index in [4.69, 9.17) is 18.9 Å². The minimum Gasteiger partial charge on any atom is -0.463 e. The van der Waals surface area contributed by atoms with E-state index in [0.29, 0.717) is 57.6 Å². The normalized spacial score (nSPS) is 11.3. The highest BCUT2D eigenvalue weighted by Gasteiger charge is 2.14. The van der Waals surface area contributed by atoms with Gasteiger partial charge < -0.3 is 34.1 Å². The minimum absolute atomic E-state index is 0.277. The van der Waals surface area contributed by atoms with Gasteiger partial charge >= 0.3 is 24.1 Å². The summed E-state index contributed by atoms with van der Waals surface area (Å²) in [4.78, 5) is 52.2. The average molecular weight is 788 g/mol. The van der Waals surface area contributed by atoms with Gasteiger partial charge in [0.25, 0.3) is 0 Å². The van der Waals surface area contributed by atoms with Crippen LogP contribution in [0.1, 0.15) is 129 Å². The molecule has 0 atom stereocenters. The first-order chi connectivity index (χ1) is 25.8. The lowest BCUT2D eigenvalue weighted by Crippen LogP contribution is -2.34. The number of ether oxygens (including phenoxy) is 4. The molecule has 13 heteroatoms.